The van der Waals surface area contributed by atoms with Crippen LogP contribution in [0.4, 0.5) is 5.69 Å². The zero-order valence-corrected chi connectivity index (χ0v) is 19.9. The standard InChI is InChI=1S/C26H24N2O6S/c1-33-23-15-20(29)11-8-18(23)14-22(28-25(31)17-6-4-3-5-7-17)26(32)27-19-9-12-21(13-10-19)35-16-24(30)34-2/h3-15,29H,16H2,1-2H3,(H,27,32)(H,28,31)/b22-14-. The molecule has 8 nitrogen and oxygen atoms in total. The quantitative estimate of drug-likeness (QED) is 0.234. The highest BCUT2D eigenvalue weighted by Gasteiger charge is 2.16. The Morgan fingerprint density at radius 3 is 2.34 bits per heavy atom. The molecule has 0 aliphatic heterocycles. The summed E-state index contributed by atoms with van der Waals surface area (Å²) in [5.41, 5.74) is 1.34. The van der Waals surface area contributed by atoms with Crippen molar-refractivity contribution in [2.45, 2.75) is 4.90 Å². The van der Waals surface area contributed by atoms with E-state index in [0.717, 1.165) is 4.90 Å². The lowest BCUT2D eigenvalue weighted by Crippen LogP contribution is -2.30. The maximum Gasteiger partial charge on any atom is 0.315 e. The molecule has 0 atom stereocenters. The molecule has 0 saturated carbocycles. The van der Waals surface area contributed by atoms with Crippen molar-refractivity contribution >= 4 is 41.3 Å². The minimum Gasteiger partial charge on any atom is -0.508 e. The van der Waals surface area contributed by atoms with Crippen LogP contribution in [0.1, 0.15) is 15.9 Å². The molecule has 0 radical (unpaired) electrons. The van der Waals surface area contributed by atoms with Crippen LogP contribution in [0.3, 0.4) is 0 Å². The summed E-state index contributed by atoms with van der Waals surface area (Å²) >= 11 is 1.31. The number of nitrogens with one attached hydrogen (secondary N) is 2. The second kappa shape index (κ2) is 12.3. The van der Waals surface area contributed by atoms with Crippen LogP contribution in [0.25, 0.3) is 6.08 Å². The Balaban J connectivity index is 1.83. The summed E-state index contributed by atoms with van der Waals surface area (Å²) in [7, 11) is 2.77. The lowest BCUT2D eigenvalue weighted by Gasteiger charge is -2.13. The molecule has 2 amide bonds. The van der Waals surface area contributed by atoms with E-state index in [4.69, 9.17) is 4.74 Å². The fraction of sp³-hybridized carbons (Fsp3) is 0.115. The van der Waals surface area contributed by atoms with Gasteiger partial charge in [-0.3, -0.25) is 14.4 Å². The maximum absolute atomic E-state index is 13.1. The van der Waals surface area contributed by atoms with E-state index in [-0.39, 0.29) is 23.2 Å². The Labute approximate surface area is 207 Å². The summed E-state index contributed by atoms with van der Waals surface area (Å²) in [4.78, 5) is 38.0. The fourth-order valence-corrected chi connectivity index (χ4v) is 3.68. The second-order valence-electron chi connectivity index (χ2n) is 7.15. The van der Waals surface area contributed by atoms with Gasteiger partial charge in [0.05, 0.1) is 20.0 Å². The van der Waals surface area contributed by atoms with Gasteiger partial charge in [0.15, 0.2) is 0 Å². The van der Waals surface area contributed by atoms with Gasteiger partial charge in [-0.25, -0.2) is 0 Å². The van der Waals surface area contributed by atoms with E-state index in [1.165, 1.54) is 44.2 Å². The summed E-state index contributed by atoms with van der Waals surface area (Å²) in [5, 5.41) is 15.1. The molecule has 0 heterocycles. The Kier molecular flexibility index (Phi) is 8.91. The van der Waals surface area contributed by atoms with Crippen LogP contribution >= 0.6 is 11.8 Å². The average molecular weight is 493 g/mol. The van der Waals surface area contributed by atoms with E-state index in [1.807, 2.05) is 0 Å². The van der Waals surface area contributed by atoms with E-state index in [1.54, 1.807) is 60.7 Å². The van der Waals surface area contributed by atoms with Crippen molar-refractivity contribution in [2.24, 2.45) is 0 Å². The lowest BCUT2D eigenvalue weighted by atomic mass is 10.1. The Hall–Kier alpha value is -4.24. The lowest BCUT2D eigenvalue weighted by molar-refractivity contribution is -0.137. The normalized spacial score (nSPS) is 10.9. The smallest absolute Gasteiger partial charge is 0.315 e. The summed E-state index contributed by atoms with van der Waals surface area (Å²) in [5.74, 6) is -0.839. The number of ether oxygens (including phenoxy) is 2. The fourth-order valence-electron chi connectivity index (χ4n) is 2.95. The number of hydrogen-bond donors (Lipinski definition) is 3. The van der Waals surface area contributed by atoms with Gasteiger partial charge in [0.25, 0.3) is 11.8 Å². The van der Waals surface area contributed by atoms with E-state index in [0.29, 0.717) is 22.6 Å². The number of carbonyl (C=O) groups excluding carboxylic acids is 3. The van der Waals surface area contributed by atoms with Crippen molar-refractivity contribution in [1.82, 2.24) is 5.32 Å². The van der Waals surface area contributed by atoms with Gasteiger partial charge in [-0.15, -0.1) is 11.8 Å². The molecule has 0 fully saturated rings. The molecular weight excluding hydrogens is 468 g/mol. The first-order valence-electron chi connectivity index (χ1n) is 10.5. The number of rotatable bonds is 9. The highest BCUT2D eigenvalue weighted by molar-refractivity contribution is 8.00. The summed E-state index contributed by atoms with van der Waals surface area (Å²) in [6, 6.07) is 19.8. The summed E-state index contributed by atoms with van der Waals surface area (Å²) in [6.07, 6.45) is 1.47. The molecule has 3 aromatic rings. The molecule has 0 unspecified atom stereocenters. The van der Waals surface area contributed by atoms with E-state index >= 15 is 0 Å². The molecule has 0 aliphatic carbocycles. The number of phenols is 1. The number of thioether (sulfide) groups is 1. The highest BCUT2D eigenvalue weighted by Crippen LogP contribution is 2.26. The zero-order chi connectivity index (χ0) is 25.2. The number of hydrogen-bond acceptors (Lipinski definition) is 7. The van der Waals surface area contributed by atoms with Gasteiger partial charge in [-0.1, -0.05) is 18.2 Å². The van der Waals surface area contributed by atoms with Gasteiger partial charge < -0.3 is 25.2 Å². The number of amides is 2. The Morgan fingerprint density at radius 2 is 1.69 bits per heavy atom. The first kappa shape index (κ1) is 25.4. The van der Waals surface area contributed by atoms with E-state index in [2.05, 4.69) is 15.4 Å². The third-order valence-electron chi connectivity index (χ3n) is 4.74. The summed E-state index contributed by atoms with van der Waals surface area (Å²) in [6.45, 7) is 0. The molecule has 3 N–H and O–H groups in total. The van der Waals surface area contributed by atoms with Crippen LogP contribution in [-0.4, -0.2) is 42.9 Å². The maximum atomic E-state index is 13.1. The van der Waals surface area contributed by atoms with Gasteiger partial charge >= 0.3 is 5.97 Å². The van der Waals surface area contributed by atoms with E-state index in [9.17, 15) is 19.5 Å². The molecule has 9 heteroatoms. The topological polar surface area (TPSA) is 114 Å². The Bertz CT molecular complexity index is 1230. The van der Waals surface area contributed by atoms with Gasteiger partial charge in [-0.2, -0.15) is 0 Å². The number of methoxy groups -OCH3 is 2. The molecule has 180 valence electrons. The molecule has 3 rings (SSSR count). The second-order valence-corrected chi connectivity index (χ2v) is 8.20. The molecule has 0 spiro atoms. The van der Waals surface area contributed by atoms with Crippen LogP contribution in [0.2, 0.25) is 0 Å². The number of esters is 1. The minimum atomic E-state index is -0.556. The molecule has 0 aromatic heterocycles. The van der Waals surface area contributed by atoms with Crippen molar-refractivity contribution in [3.05, 3.63) is 89.6 Å². The van der Waals surface area contributed by atoms with Crippen LogP contribution in [0.5, 0.6) is 11.5 Å². The number of aromatic hydroxyl groups is 1. The largest absolute Gasteiger partial charge is 0.508 e. The number of anilines is 1. The van der Waals surface area contributed by atoms with Crippen LogP contribution in [0, 0.1) is 0 Å². The number of carbonyl (C=O) groups is 3. The Morgan fingerprint density at radius 1 is 0.971 bits per heavy atom. The predicted octanol–water partition coefficient (Wildman–Crippen LogP) is 4.08. The van der Waals surface area contributed by atoms with Crippen LogP contribution in [0.15, 0.2) is 83.4 Å². The van der Waals surface area contributed by atoms with Crippen molar-refractivity contribution in [3.63, 3.8) is 0 Å². The average Bonchev–Trinajstić information content (AvgIpc) is 2.88. The van der Waals surface area contributed by atoms with Gasteiger partial charge in [0, 0.05) is 27.8 Å². The molecule has 3 aromatic carbocycles. The number of phenolic OH excluding ortho intramolecular Hbond substituents is 1. The van der Waals surface area contributed by atoms with Crippen molar-refractivity contribution in [1.29, 1.82) is 0 Å². The third kappa shape index (κ3) is 7.38. The molecule has 35 heavy (non-hydrogen) atoms. The molecular formula is C26H24N2O6S. The SMILES string of the molecule is COC(=O)CSc1ccc(NC(=O)/C(=C/c2ccc(O)cc2OC)NC(=O)c2ccccc2)cc1. The zero-order valence-electron chi connectivity index (χ0n) is 19.1. The minimum absolute atomic E-state index is 0.00322. The summed E-state index contributed by atoms with van der Waals surface area (Å²) < 4.78 is 9.92. The predicted molar refractivity (Wildman–Crippen MR) is 134 cm³/mol. The third-order valence-corrected chi connectivity index (χ3v) is 5.73. The molecule has 0 aliphatic rings. The van der Waals surface area contributed by atoms with Crippen LogP contribution < -0.4 is 15.4 Å². The van der Waals surface area contributed by atoms with Crippen molar-refractivity contribution < 1.29 is 29.0 Å². The first-order valence-corrected chi connectivity index (χ1v) is 11.4. The van der Waals surface area contributed by atoms with Gasteiger partial charge in [-0.05, 0) is 54.6 Å². The molecule has 0 saturated heterocycles. The van der Waals surface area contributed by atoms with Crippen molar-refractivity contribution in [3.8, 4) is 11.5 Å². The monoisotopic (exact) mass is 492 g/mol. The first-order chi connectivity index (χ1) is 16.9. The van der Waals surface area contributed by atoms with Crippen molar-refractivity contribution in [2.75, 3.05) is 25.3 Å². The molecule has 0 bridgehead atoms. The van der Waals surface area contributed by atoms with Crippen LogP contribution in [-0.2, 0) is 14.3 Å². The highest BCUT2D eigenvalue weighted by atomic mass is 32.2. The van der Waals surface area contributed by atoms with Gasteiger partial charge in [0.1, 0.15) is 17.2 Å². The van der Waals surface area contributed by atoms with E-state index < -0.39 is 11.8 Å². The number of benzene rings is 3. The van der Waals surface area contributed by atoms with Gasteiger partial charge in [0.2, 0.25) is 0 Å².